The van der Waals surface area contributed by atoms with E-state index < -0.39 is 0 Å². The quantitative estimate of drug-likeness (QED) is 0.754. The molecule has 0 aliphatic carbocycles. The van der Waals surface area contributed by atoms with Gasteiger partial charge in [-0.05, 0) is 18.2 Å². The summed E-state index contributed by atoms with van der Waals surface area (Å²) < 4.78 is 0. The summed E-state index contributed by atoms with van der Waals surface area (Å²) in [5, 5.41) is 1.57. The normalized spacial score (nSPS) is 10.4. The van der Waals surface area contributed by atoms with Gasteiger partial charge in [-0.2, -0.15) is 0 Å². The highest BCUT2D eigenvalue weighted by molar-refractivity contribution is 7.80. The van der Waals surface area contributed by atoms with Crippen molar-refractivity contribution in [3.63, 3.8) is 0 Å². The zero-order valence-corrected chi connectivity index (χ0v) is 8.77. The third kappa shape index (κ3) is 1.56. The van der Waals surface area contributed by atoms with Crippen molar-refractivity contribution in [3.05, 3.63) is 41.0 Å². The lowest BCUT2D eigenvalue weighted by atomic mass is 10.1. The monoisotopic (exact) mass is 222 g/mol. The van der Waals surface area contributed by atoms with Gasteiger partial charge in [0.1, 0.15) is 4.99 Å². The topological polar surface area (TPSA) is 38.9 Å². The first kappa shape index (κ1) is 9.37. The van der Waals surface area contributed by atoms with E-state index in [1.807, 2.05) is 18.2 Å². The molecule has 0 aliphatic rings. The van der Waals surface area contributed by atoms with Crippen molar-refractivity contribution in [1.29, 1.82) is 0 Å². The average molecular weight is 223 g/mol. The molecule has 2 aromatic rings. The van der Waals surface area contributed by atoms with Crippen molar-refractivity contribution in [2.75, 3.05) is 0 Å². The molecule has 1 aromatic carbocycles. The highest BCUT2D eigenvalue weighted by Crippen LogP contribution is 2.21. The molecule has 0 amide bonds. The minimum atomic E-state index is 0.316. The van der Waals surface area contributed by atoms with Crippen LogP contribution in [0.4, 0.5) is 0 Å². The first-order valence-corrected chi connectivity index (χ1v) is 4.81. The standard InChI is InChI=1S/C10H7ClN2S/c11-7-4-6-2-1-3-13-9(6)8(5-7)10(12)14/h1-5H,(H2,12,14). The number of pyridine rings is 1. The number of hydrogen-bond donors (Lipinski definition) is 1. The highest BCUT2D eigenvalue weighted by atomic mass is 35.5. The summed E-state index contributed by atoms with van der Waals surface area (Å²) in [6, 6.07) is 7.35. The largest absolute Gasteiger partial charge is 0.389 e. The van der Waals surface area contributed by atoms with Crippen LogP contribution in [0.2, 0.25) is 5.02 Å². The van der Waals surface area contributed by atoms with E-state index in [1.165, 1.54) is 0 Å². The fourth-order valence-corrected chi connectivity index (χ4v) is 1.73. The van der Waals surface area contributed by atoms with Crippen LogP contribution in [0.5, 0.6) is 0 Å². The molecule has 0 saturated carbocycles. The molecule has 0 unspecified atom stereocenters. The van der Waals surface area contributed by atoms with Gasteiger partial charge < -0.3 is 5.73 Å². The molecule has 2 N–H and O–H groups in total. The Morgan fingerprint density at radius 3 is 2.93 bits per heavy atom. The van der Waals surface area contributed by atoms with Crippen LogP contribution in [0.15, 0.2) is 30.5 Å². The van der Waals surface area contributed by atoms with Gasteiger partial charge in [0.15, 0.2) is 0 Å². The maximum absolute atomic E-state index is 5.92. The second kappa shape index (κ2) is 3.52. The maximum atomic E-state index is 5.92. The van der Waals surface area contributed by atoms with Crippen molar-refractivity contribution in [3.8, 4) is 0 Å². The predicted octanol–water partition coefficient (Wildman–Crippen LogP) is 2.52. The number of thiocarbonyl (C=S) groups is 1. The number of halogens is 1. The molecule has 0 saturated heterocycles. The number of hydrogen-bond acceptors (Lipinski definition) is 2. The summed E-state index contributed by atoms with van der Waals surface area (Å²) in [4.78, 5) is 4.53. The molecule has 14 heavy (non-hydrogen) atoms. The smallest absolute Gasteiger partial charge is 0.106 e. The molecule has 2 nitrogen and oxygen atoms in total. The van der Waals surface area contributed by atoms with Crippen molar-refractivity contribution in [2.45, 2.75) is 0 Å². The highest BCUT2D eigenvalue weighted by Gasteiger charge is 2.05. The Labute approximate surface area is 91.7 Å². The van der Waals surface area contributed by atoms with Gasteiger partial charge in [-0.3, -0.25) is 4.98 Å². The number of nitrogens with two attached hydrogens (primary N) is 1. The van der Waals surface area contributed by atoms with Crippen LogP contribution >= 0.6 is 23.8 Å². The Morgan fingerprint density at radius 1 is 1.43 bits per heavy atom. The summed E-state index contributed by atoms with van der Waals surface area (Å²) in [7, 11) is 0. The van der Waals surface area contributed by atoms with E-state index in [0.717, 1.165) is 16.5 Å². The number of fused-ring (bicyclic) bond motifs is 1. The fraction of sp³-hybridized carbons (Fsp3) is 0. The van der Waals surface area contributed by atoms with Gasteiger partial charge in [-0.15, -0.1) is 0 Å². The molecule has 1 heterocycles. The Morgan fingerprint density at radius 2 is 2.21 bits per heavy atom. The van der Waals surface area contributed by atoms with Gasteiger partial charge in [0.05, 0.1) is 5.52 Å². The maximum Gasteiger partial charge on any atom is 0.106 e. The molecule has 0 bridgehead atoms. The first-order chi connectivity index (χ1) is 6.68. The van der Waals surface area contributed by atoms with Gasteiger partial charge >= 0.3 is 0 Å². The Balaban J connectivity index is 2.87. The third-order valence-corrected chi connectivity index (χ3v) is 2.37. The van der Waals surface area contributed by atoms with Crippen molar-refractivity contribution in [2.24, 2.45) is 5.73 Å². The Kier molecular flexibility index (Phi) is 2.35. The average Bonchev–Trinajstić information content (AvgIpc) is 2.16. The van der Waals surface area contributed by atoms with Crippen molar-refractivity contribution < 1.29 is 0 Å². The number of nitrogens with zero attached hydrogens (tertiary/aromatic N) is 1. The summed E-state index contributed by atoms with van der Waals surface area (Å²) in [5.74, 6) is 0. The van der Waals surface area contributed by atoms with Crippen LogP contribution in [0.1, 0.15) is 5.56 Å². The Bertz CT molecular complexity index is 510. The molecule has 0 atom stereocenters. The van der Waals surface area contributed by atoms with Crippen LogP contribution < -0.4 is 5.73 Å². The van der Waals surface area contributed by atoms with Crippen molar-refractivity contribution in [1.82, 2.24) is 4.98 Å². The summed E-state index contributed by atoms with van der Waals surface area (Å²) in [6.45, 7) is 0. The lowest BCUT2D eigenvalue weighted by Crippen LogP contribution is -2.10. The van der Waals surface area contributed by atoms with Gasteiger partial charge in [0.2, 0.25) is 0 Å². The number of benzene rings is 1. The van der Waals surface area contributed by atoms with Crippen LogP contribution in [-0.2, 0) is 0 Å². The van der Waals surface area contributed by atoms with Gasteiger partial charge in [0, 0.05) is 22.2 Å². The third-order valence-electron chi connectivity index (χ3n) is 1.94. The lowest BCUT2D eigenvalue weighted by molar-refractivity contribution is 1.40. The molecule has 1 aromatic heterocycles. The minimum Gasteiger partial charge on any atom is -0.389 e. The zero-order chi connectivity index (χ0) is 10.1. The van der Waals surface area contributed by atoms with E-state index in [4.69, 9.17) is 29.6 Å². The van der Waals surface area contributed by atoms with Gasteiger partial charge in [-0.1, -0.05) is 29.9 Å². The van der Waals surface area contributed by atoms with Crippen LogP contribution in [-0.4, -0.2) is 9.97 Å². The molecule has 0 aliphatic heterocycles. The molecule has 4 heteroatoms. The predicted molar refractivity (Wildman–Crippen MR) is 62.6 cm³/mol. The summed E-state index contributed by atoms with van der Waals surface area (Å²) in [5.41, 5.74) is 7.10. The molecular formula is C10H7ClN2S. The van der Waals surface area contributed by atoms with Gasteiger partial charge in [-0.25, -0.2) is 0 Å². The van der Waals surface area contributed by atoms with E-state index >= 15 is 0 Å². The SMILES string of the molecule is NC(=S)c1cc(Cl)cc2cccnc12. The number of aromatic nitrogens is 1. The van der Waals surface area contributed by atoms with E-state index in [9.17, 15) is 0 Å². The number of rotatable bonds is 1. The zero-order valence-electron chi connectivity index (χ0n) is 7.20. The summed E-state index contributed by atoms with van der Waals surface area (Å²) >= 11 is 10.9. The minimum absolute atomic E-state index is 0.316. The molecule has 0 spiro atoms. The molecule has 2 rings (SSSR count). The molecular weight excluding hydrogens is 216 g/mol. The van der Waals surface area contributed by atoms with Crippen molar-refractivity contribution >= 4 is 39.7 Å². The van der Waals surface area contributed by atoms with Crippen LogP contribution in [0.3, 0.4) is 0 Å². The van der Waals surface area contributed by atoms with E-state index in [1.54, 1.807) is 12.3 Å². The van der Waals surface area contributed by atoms with E-state index in [2.05, 4.69) is 4.98 Å². The summed E-state index contributed by atoms with van der Waals surface area (Å²) in [6.07, 6.45) is 1.71. The Hall–Kier alpha value is -1.19. The molecule has 70 valence electrons. The second-order valence-corrected chi connectivity index (χ2v) is 3.77. The lowest BCUT2D eigenvalue weighted by Gasteiger charge is -2.04. The molecule has 0 radical (unpaired) electrons. The van der Waals surface area contributed by atoms with Crippen LogP contribution in [0, 0.1) is 0 Å². The second-order valence-electron chi connectivity index (χ2n) is 2.89. The fourth-order valence-electron chi connectivity index (χ4n) is 1.34. The first-order valence-electron chi connectivity index (χ1n) is 4.02. The van der Waals surface area contributed by atoms with Gasteiger partial charge in [0.25, 0.3) is 0 Å². The molecule has 0 fully saturated rings. The van der Waals surface area contributed by atoms with Crippen LogP contribution in [0.25, 0.3) is 10.9 Å². The van der Waals surface area contributed by atoms with E-state index in [0.29, 0.717) is 10.0 Å². The van der Waals surface area contributed by atoms with E-state index in [-0.39, 0.29) is 0 Å².